The van der Waals surface area contributed by atoms with Gasteiger partial charge < -0.3 is 15.3 Å². The second-order valence-electron chi connectivity index (χ2n) is 11.4. The summed E-state index contributed by atoms with van der Waals surface area (Å²) in [5.41, 5.74) is 3.28. The van der Waals surface area contributed by atoms with E-state index in [1.807, 2.05) is 7.05 Å². The van der Waals surface area contributed by atoms with E-state index >= 15 is 0 Å². The van der Waals surface area contributed by atoms with Crippen LogP contribution >= 0.6 is 11.5 Å². The first-order valence-electron chi connectivity index (χ1n) is 14.2. The fourth-order valence-electron chi connectivity index (χ4n) is 6.14. The Labute approximate surface area is 246 Å². The Balaban J connectivity index is 1.13. The molecule has 4 aromatic rings. The minimum Gasteiger partial charge on any atom is -0.388 e. The average molecular weight is 594 g/mol. The van der Waals surface area contributed by atoms with Crippen LogP contribution in [0.5, 0.6) is 0 Å². The lowest BCUT2D eigenvalue weighted by atomic mass is 9.90. The van der Waals surface area contributed by atoms with Gasteiger partial charge in [0.05, 0.1) is 29.3 Å². The Morgan fingerprint density at radius 3 is 2.57 bits per heavy atom. The van der Waals surface area contributed by atoms with Crippen LogP contribution in [0.15, 0.2) is 59.7 Å². The van der Waals surface area contributed by atoms with E-state index < -0.39 is 17.9 Å². The molecule has 0 bridgehead atoms. The fraction of sp³-hybridized carbons (Fsp3) is 0.419. The molecular weight excluding hydrogens is 560 g/mol. The highest BCUT2D eigenvalue weighted by Gasteiger charge is 2.36. The SMILES string of the molecule is CNC1Cc2ccc(-c3snc4c(=O)n(CC5(O)CCN(C(=O)CC(c6ccccc6)C(F)F)CC5)cnc34)cc2C1. The van der Waals surface area contributed by atoms with Gasteiger partial charge in [0, 0.05) is 25.6 Å². The zero-order valence-corrected chi connectivity index (χ0v) is 24.1. The van der Waals surface area contributed by atoms with Crippen LogP contribution in [0.1, 0.15) is 41.9 Å². The first kappa shape index (κ1) is 28.6. The van der Waals surface area contributed by atoms with Crippen molar-refractivity contribution < 1.29 is 18.7 Å². The number of likely N-dealkylation sites (N-methyl/N-ethyl adjacent to an activating group) is 1. The molecule has 1 saturated heterocycles. The van der Waals surface area contributed by atoms with Crippen LogP contribution in [0, 0.1) is 0 Å². The van der Waals surface area contributed by atoms with E-state index in [4.69, 9.17) is 0 Å². The molecule has 6 rings (SSSR count). The van der Waals surface area contributed by atoms with Gasteiger partial charge >= 0.3 is 0 Å². The largest absolute Gasteiger partial charge is 0.388 e. The van der Waals surface area contributed by atoms with E-state index in [2.05, 4.69) is 32.9 Å². The molecule has 2 atom stereocenters. The normalized spacial score (nSPS) is 18.9. The molecule has 2 N–H and O–H groups in total. The van der Waals surface area contributed by atoms with Crippen molar-refractivity contribution in [3.8, 4) is 10.4 Å². The van der Waals surface area contributed by atoms with Crippen molar-refractivity contribution in [3.05, 3.63) is 81.9 Å². The molecule has 2 aromatic carbocycles. The number of carbonyl (C=O) groups is 1. The van der Waals surface area contributed by atoms with Crippen molar-refractivity contribution >= 4 is 28.5 Å². The number of likely N-dealkylation sites (tertiary alicyclic amines) is 1. The van der Waals surface area contributed by atoms with Gasteiger partial charge in [0.1, 0.15) is 5.52 Å². The first-order chi connectivity index (χ1) is 20.2. The lowest BCUT2D eigenvalue weighted by Crippen LogP contribution is -2.50. The second kappa shape index (κ2) is 11.6. The minimum atomic E-state index is -2.66. The molecule has 1 aliphatic heterocycles. The number of hydrogen-bond donors (Lipinski definition) is 2. The quantitative estimate of drug-likeness (QED) is 0.321. The number of aliphatic hydroxyl groups is 1. The molecule has 0 saturated carbocycles. The van der Waals surface area contributed by atoms with Crippen molar-refractivity contribution in [2.75, 3.05) is 20.1 Å². The smallest absolute Gasteiger partial charge is 0.281 e. The number of rotatable bonds is 8. The Morgan fingerprint density at radius 1 is 1.12 bits per heavy atom. The van der Waals surface area contributed by atoms with Crippen LogP contribution in [-0.4, -0.2) is 68.0 Å². The zero-order valence-electron chi connectivity index (χ0n) is 23.3. The third-order valence-electron chi connectivity index (χ3n) is 8.70. The highest BCUT2D eigenvalue weighted by molar-refractivity contribution is 7.11. The predicted molar refractivity (Wildman–Crippen MR) is 158 cm³/mol. The van der Waals surface area contributed by atoms with Crippen molar-refractivity contribution in [2.45, 2.75) is 62.6 Å². The summed E-state index contributed by atoms with van der Waals surface area (Å²) in [5, 5.41) is 14.7. The van der Waals surface area contributed by atoms with E-state index in [9.17, 15) is 23.5 Å². The van der Waals surface area contributed by atoms with Crippen LogP contribution in [-0.2, 0) is 24.2 Å². The molecule has 8 nitrogen and oxygen atoms in total. The number of amides is 1. The number of hydrogen-bond acceptors (Lipinski definition) is 7. The third-order valence-corrected chi connectivity index (χ3v) is 9.59. The number of nitrogens with zero attached hydrogens (tertiary/aromatic N) is 4. The van der Waals surface area contributed by atoms with Crippen LogP contribution in [0.4, 0.5) is 8.78 Å². The molecular formula is C31H33F2N5O3S. The summed E-state index contributed by atoms with van der Waals surface area (Å²) in [6.07, 6.45) is 0.891. The maximum atomic E-state index is 13.7. The second-order valence-corrected chi connectivity index (χ2v) is 12.2. The molecule has 1 amide bonds. The summed E-state index contributed by atoms with van der Waals surface area (Å²) in [4.78, 5) is 33.2. The summed E-state index contributed by atoms with van der Waals surface area (Å²) in [6, 6.07) is 15.1. The Morgan fingerprint density at radius 2 is 1.86 bits per heavy atom. The molecule has 3 heterocycles. The average Bonchev–Trinajstić information content (AvgIpc) is 3.62. The molecule has 11 heteroatoms. The summed E-state index contributed by atoms with van der Waals surface area (Å²) in [7, 11) is 1.97. The van der Waals surface area contributed by atoms with Gasteiger partial charge in [-0.15, -0.1) is 0 Å². The van der Waals surface area contributed by atoms with Gasteiger partial charge in [-0.2, -0.15) is 4.37 Å². The first-order valence-corrected chi connectivity index (χ1v) is 15.0. The molecule has 0 radical (unpaired) electrons. The summed E-state index contributed by atoms with van der Waals surface area (Å²) >= 11 is 1.24. The van der Waals surface area contributed by atoms with E-state index in [0.29, 0.717) is 17.1 Å². The zero-order chi connectivity index (χ0) is 29.4. The Hall–Kier alpha value is -3.54. The van der Waals surface area contributed by atoms with Crippen LogP contribution in [0.25, 0.3) is 21.5 Å². The van der Waals surface area contributed by atoms with Gasteiger partial charge in [0.25, 0.3) is 5.56 Å². The minimum absolute atomic E-state index is 0.0115. The van der Waals surface area contributed by atoms with Gasteiger partial charge in [0.2, 0.25) is 12.3 Å². The lowest BCUT2D eigenvalue weighted by Gasteiger charge is -2.38. The van der Waals surface area contributed by atoms with E-state index in [1.165, 1.54) is 38.5 Å². The summed E-state index contributed by atoms with van der Waals surface area (Å²) in [5.74, 6) is -1.55. The number of carbonyl (C=O) groups excluding carboxylic acids is 1. The maximum Gasteiger partial charge on any atom is 0.281 e. The lowest BCUT2D eigenvalue weighted by molar-refractivity contribution is -0.137. The molecule has 220 valence electrons. The molecule has 2 aromatic heterocycles. The molecule has 42 heavy (non-hydrogen) atoms. The molecule has 2 aliphatic rings. The topological polar surface area (TPSA) is 100 Å². The van der Waals surface area contributed by atoms with Crippen molar-refractivity contribution in [1.29, 1.82) is 0 Å². The molecule has 1 aliphatic carbocycles. The highest BCUT2D eigenvalue weighted by Crippen LogP contribution is 2.34. The number of halogens is 2. The third kappa shape index (κ3) is 5.60. The molecule has 2 unspecified atom stereocenters. The van der Waals surface area contributed by atoms with E-state index in [-0.39, 0.29) is 55.9 Å². The van der Waals surface area contributed by atoms with Crippen molar-refractivity contribution in [2.24, 2.45) is 0 Å². The van der Waals surface area contributed by atoms with Crippen LogP contribution in [0.2, 0.25) is 0 Å². The van der Waals surface area contributed by atoms with Gasteiger partial charge in [-0.05, 0) is 72.6 Å². The maximum absolute atomic E-state index is 13.7. The Bertz CT molecular complexity index is 1650. The molecule has 0 spiro atoms. The summed E-state index contributed by atoms with van der Waals surface area (Å²) < 4.78 is 33.3. The number of fused-ring (bicyclic) bond motifs is 2. The van der Waals surface area contributed by atoms with Gasteiger partial charge in [-0.1, -0.05) is 42.5 Å². The number of nitrogens with one attached hydrogen (secondary N) is 1. The van der Waals surface area contributed by atoms with E-state index in [0.717, 1.165) is 23.3 Å². The van der Waals surface area contributed by atoms with Crippen molar-refractivity contribution in [3.63, 3.8) is 0 Å². The van der Waals surface area contributed by atoms with Crippen LogP contribution in [0.3, 0.4) is 0 Å². The van der Waals surface area contributed by atoms with Crippen LogP contribution < -0.4 is 10.9 Å². The number of piperidine rings is 1. The van der Waals surface area contributed by atoms with Crippen molar-refractivity contribution in [1.82, 2.24) is 24.1 Å². The monoisotopic (exact) mass is 593 g/mol. The summed E-state index contributed by atoms with van der Waals surface area (Å²) in [6.45, 7) is 0.452. The van der Waals surface area contributed by atoms with Gasteiger partial charge in [-0.3, -0.25) is 14.2 Å². The van der Waals surface area contributed by atoms with Gasteiger partial charge in [-0.25, -0.2) is 13.8 Å². The highest BCUT2D eigenvalue weighted by atomic mass is 32.1. The standard InChI is InChI=1S/C31H33F2N5O3S/c1-34-23-14-20-7-8-21(13-22(20)15-23)28-26-27(36-42-28)30(40)38(18-35-26)17-31(41)9-11-37(12-10-31)25(39)16-24(29(32)33)19-5-3-2-4-6-19/h2-8,13,18,23-24,29,34,41H,9-12,14-17H2,1H3. The van der Waals surface area contributed by atoms with E-state index in [1.54, 1.807) is 30.3 Å². The number of aromatic nitrogens is 3. The molecule has 1 fully saturated rings. The fourth-order valence-corrected chi connectivity index (χ4v) is 6.96. The number of benzene rings is 2. The predicted octanol–water partition coefficient (Wildman–Crippen LogP) is 4.00. The Kier molecular flexibility index (Phi) is 7.91. The van der Waals surface area contributed by atoms with Gasteiger partial charge in [0.15, 0.2) is 5.52 Å². The number of alkyl halides is 2.